The number of nitrogens with one attached hydrogen (secondary N) is 3. The lowest BCUT2D eigenvalue weighted by atomic mass is 10.0. The van der Waals surface area contributed by atoms with Gasteiger partial charge in [0.2, 0.25) is 17.7 Å². The van der Waals surface area contributed by atoms with Crippen molar-refractivity contribution in [2.75, 3.05) is 13.6 Å². The maximum atomic E-state index is 13.2. The van der Waals surface area contributed by atoms with Crippen LogP contribution >= 0.6 is 12.6 Å². The first-order valence-electron chi connectivity index (χ1n) is 12.1. The Morgan fingerprint density at radius 1 is 0.811 bits per heavy atom. The van der Waals surface area contributed by atoms with E-state index in [1.54, 1.807) is 24.3 Å². The van der Waals surface area contributed by atoms with Crippen molar-refractivity contribution in [3.63, 3.8) is 0 Å². The van der Waals surface area contributed by atoms with Crippen molar-refractivity contribution < 1.29 is 24.0 Å². The molecule has 196 valence electrons. The smallest absolute Gasteiger partial charge is 0.261 e. The van der Waals surface area contributed by atoms with Crippen molar-refractivity contribution in [1.82, 2.24) is 20.9 Å². The summed E-state index contributed by atoms with van der Waals surface area (Å²) in [6.45, 7) is 3.57. The Hall–Kier alpha value is -3.66. The molecule has 3 N–H and O–H groups in total. The number of imide groups is 1. The van der Waals surface area contributed by atoms with Gasteiger partial charge < -0.3 is 16.0 Å². The van der Waals surface area contributed by atoms with Crippen molar-refractivity contribution in [3.8, 4) is 0 Å². The Kier molecular flexibility index (Phi) is 9.46. The normalized spacial score (nSPS) is 15.1. The molecular weight excluding hydrogens is 492 g/mol. The molecule has 2 aromatic rings. The molecule has 1 aliphatic heterocycles. The van der Waals surface area contributed by atoms with Crippen molar-refractivity contribution in [2.45, 2.75) is 44.0 Å². The van der Waals surface area contributed by atoms with Crippen LogP contribution in [0.2, 0.25) is 0 Å². The first-order chi connectivity index (χ1) is 17.6. The monoisotopic (exact) mass is 524 g/mol. The SMILES string of the molecule is CNC(=O)[C@H](Cc1ccccc1)NC(=O)C(CC(C)C)NC(=O)C(S)CN1C(=O)c2ccccc2C1=O. The maximum Gasteiger partial charge on any atom is 0.261 e. The van der Waals surface area contributed by atoms with Crippen LogP contribution in [0, 0.1) is 5.92 Å². The van der Waals surface area contributed by atoms with Gasteiger partial charge in [0.05, 0.1) is 16.4 Å². The zero-order chi connectivity index (χ0) is 27.1. The van der Waals surface area contributed by atoms with E-state index in [4.69, 9.17) is 0 Å². The molecule has 0 saturated carbocycles. The van der Waals surface area contributed by atoms with Crippen LogP contribution < -0.4 is 16.0 Å². The molecule has 3 atom stereocenters. The standard InChI is InChI=1S/C27H32N4O5S/c1-16(2)13-20(24(33)29-21(23(32)28-3)14-17-9-5-4-6-10-17)30-25(34)22(37)15-31-26(35)18-11-7-8-12-19(18)27(31)36/h4-12,16,20-22,37H,13-15H2,1-3H3,(H,28,32)(H,29,33)(H,30,34)/t20?,21-,22?/m0/s1. The maximum absolute atomic E-state index is 13.2. The summed E-state index contributed by atoms with van der Waals surface area (Å²) in [5, 5.41) is 6.96. The molecule has 9 nitrogen and oxygen atoms in total. The Bertz CT molecular complexity index is 1140. The van der Waals surface area contributed by atoms with E-state index in [-0.39, 0.29) is 35.9 Å². The quantitative estimate of drug-likeness (QED) is 0.263. The largest absolute Gasteiger partial charge is 0.357 e. The highest BCUT2D eigenvalue weighted by atomic mass is 32.1. The van der Waals surface area contributed by atoms with Crippen LogP contribution in [0.3, 0.4) is 0 Å². The molecule has 3 rings (SSSR count). The van der Waals surface area contributed by atoms with Crippen molar-refractivity contribution in [2.24, 2.45) is 5.92 Å². The number of thiol groups is 1. The van der Waals surface area contributed by atoms with Crippen LogP contribution in [0.15, 0.2) is 54.6 Å². The van der Waals surface area contributed by atoms with Gasteiger partial charge in [0.25, 0.3) is 11.8 Å². The third kappa shape index (κ3) is 6.97. The number of rotatable bonds is 11. The Morgan fingerprint density at radius 3 is 1.89 bits per heavy atom. The molecule has 0 aliphatic carbocycles. The molecule has 0 radical (unpaired) electrons. The van der Waals surface area contributed by atoms with Crippen LogP contribution in [0.4, 0.5) is 0 Å². The molecule has 1 heterocycles. The van der Waals surface area contributed by atoms with E-state index < -0.39 is 41.0 Å². The lowest BCUT2D eigenvalue weighted by Crippen LogP contribution is -2.55. The molecule has 2 unspecified atom stereocenters. The molecular formula is C27H32N4O5S. The summed E-state index contributed by atoms with van der Waals surface area (Å²) in [7, 11) is 1.49. The number of carbonyl (C=O) groups is 5. The van der Waals surface area contributed by atoms with Crippen LogP contribution in [-0.4, -0.2) is 65.4 Å². The zero-order valence-electron chi connectivity index (χ0n) is 21.1. The predicted octanol–water partition coefficient (Wildman–Crippen LogP) is 1.59. The Balaban J connectivity index is 1.67. The minimum Gasteiger partial charge on any atom is -0.357 e. The minimum absolute atomic E-state index is 0.0539. The second kappa shape index (κ2) is 12.5. The summed E-state index contributed by atoms with van der Waals surface area (Å²) >= 11 is 4.32. The van der Waals surface area contributed by atoms with Crippen molar-refractivity contribution in [1.29, 1.82) is 0 Å². The second-order valence-electron chi connectivity index (χ2n) is 9.34. The molecule has 5 amide bonds. The zero-order valence-corrected chi connectivity index (χ0v) is 22.0. The van der Waals surface area contributed by atoms with Gasteiger partial charge in [-0.2, -0.15) is 12.6 Å². The molecule has 1 aliphatic rings. The van der Waals surface area contributed by atoms with Gasteiger partial charge in [0.15, 0.2) is 0 Å². The number of hydrogen-bond acceptors (Lipinski definition) is 6. The third-order valence-corrected chi connectivity index (χ3v) is 6.44. The van der Waals surface area contributed by atoms with Crippen LogP contribution in [-0.2, 0) is 20.8 Å². The lowest BCUT2D eigenvalue weighted by molar-refractivity contribution is -0.132. The highest BCUT2D eigenvalue weighted by Gasteiger charge is 2.37. The van der Waals surface area contributed by atoms with Crippen LogP contribution in [0.25, 0.3) is 0 Å². The van der Waals surface area contributed by atoms with E-state index in [0.717, 1.165) is 10.5 Å². The minimum atomic E-state index is -1.05. The molecule has 0 aromatic heterocycles. The second-order valence-corrected chi connectivity index (χ2v) is 9.96. The molecule has 10 heteroatoms. The fourth-order valence-corrected chi connectivity index (χ4v) is 4.38. The number of hydrogen-bond donors (Lipinski definition) is 4. The Labute approximate surface area is 221 Å². The van der Waals surface area contributed by atoms with Gasteiger partial charge in [0, 0.05) is 20.0 Å². The summed E-state index contributed by atoms with van der Waals surface area (Å²) in [5.74, 6) is -2.38. The van der Waals surface area contributed by atoms with E-state index in [1.165, 1.54) is 7.05 Å². The number of carbonyl (C=O) groups excluding carboxylic acids is 5. The molecule has 0 spiro atoms. The number of fused-ring (bicyclic) bond motifs is 1. The summed E-state index contributed by atoms with van der Waals surface area (Å²) in [6.07, 6.45) is 0.598. The molecule has 0 bridgehead atoms. The van der Waals surface area contributed by atoms with Crippen molar-refractivity contribution in [3.05, 3.63) is 71.3 Å². The molecule has 0 saturated heterocycles. The lowest BCUT2D eigenvalue weighted by Gasteiger charge is -2.25. The fraction of sp³-hybridized carbons (Fsp3) is 0.370. The number of benzene rings is 2. The van der Waals surface area contributed by atoms with E-state index in [2.05, 4.69) is 28.6 Å². The first-order valence-corrected chi connectivity index (χ1v) is 12.6. The summed E-state index contributed by atoms with van der Waals surface area (Å²) in [6, 6.07) is 14.0. The van der Waals surface area contributed by atoms with E-state index in [0.29, 0.717) is 6.42 Å². The van der Waals surface area contributed by atoms with Crippen molar-refractivity contribution >= 4 is 42.2 Å². The van der Waals surface area contributed by atoms with E-state index >= 15 is 0 Å². The Morgan fingerprint density at radius 2 is 1.35 bits per heavy atom. The summed E-state index contributed by atoms with van der Waals surface area (Å²) < 4.78 is 0. The van der Waals surface area contributed by atoms with Gasteiger partial charge in [-0.1, -0.05) is 56.3 Å². The first kappa shape index (κ1) is 27.9. The average Bonchev–Trinajstić information content (AvgIpc) is 3.12. The van der Waals surface area contributed by atoms with E-state index in [9.17, 15) is 24.0 Å². The molecule has 37 heavy (non-hydrogen) atoms. The average molecular weight is 525 g/mol. The van der Waals surface area contributed by atoms with Gasteiger partial charge >= 0.3 is 0 Å². The van der Waals surface area contributed by atoms with Gasteiger partial charge in [-0.05, 0) is 30.0 Å². The number of likely N-dealkylation sites (N-methyl/N-ethyl adjacent to an activating group) is 1. The van der Waals surface area contributed by atoms with Gasteiger partial charge in [-0.15, -0.1) is 0 Å². The third-order valence-electron chi connectivity index (χ3n) is 6.04. The highest BCUT2D eigenvalue weighted by molar-refractivity contribution is 7.81. The summed E-state index contributed by atoms with van der Waals surface area (Å²) in [4.78, 5) is 64.9. The number of nitrogens with zero attached hydrogens (tertiary/aromatic N) is 1. The topological polar surface area (TPSA) is 125 Å². The van der Waals surface area contributed by atoms with Crippen LogP contribution in [0.5, 0.6) is 0 Å². The number of amides is 5. The fourth-order valence-electron chi connectivity index (χ4n) is 4.14. The molecule has 2 aromatic carbocycles. The van der Waals surface area contributed by atoms with Gasteiger partial charge in [-0.3, -0.25) is 28.9 Å². The van der Waals surface area contributed by atoms with E-state index in [1.807, 2.05) is 44.2 Å². The predicted molar refractivity (Wildman–Crippen MR) is 142 cm³/mol. The van der Waals surface area contributed by atoms with Crippen LogP contribution in [0.1, 0.15) is 46.5 Å². The van der Waals surface area contributed by atoms with Gasteiger partial charge in [-0.25, -0.2) is 0 Å². The highest BCUT2D eigenvalue weighted by Crippen LogP contribution is 2.23. The van der Waals surface area contributed by atoms with Gasteiger partial charge in [0.1, 0.15) is 12.1 Å². The molecule has 0 fully saturated rings. The summed E-state index contributed by atoms with van der Waals surface area (Å²) in [5.41, 5.74) is 1.44.